The summed E-state index contributed by atoms with van der Waals surface area (Å²) in [6.07, 6.45) is 1.31. The molecule has 0 unspecified atom stereocenters. The van der Waals surface area contributed by atoms with Gasteiger partial charge in [-0.25, -0.2) is 9.82 Å². The van der Waals surface area contributed by atoms with Gasteiger partial charge in [0.05, 0.1) is 12.8 Å². The van der Waals surface area contributed by atoms with Crippen molar-refractivity contribution in [3.05, 3.63) is 70.5 Å². The maximum atomic E-state index is 13.5. The maximum Gasteiger partial charge on any atom is 0.254 e. The topological polar surface area (TPSA) is 47.9 Å². The van der Waals surface area contributed by atoms with Crippen LogP contribution >= 0.6 is 11.6 Å². The number of hydrogen-bond acceptors (Lipinski definition) is 4. The Morgan fingerprint density at radius 2 is 1.74 bits per heavy atom. The van der Waals surface area contributed by atoms with Crippen molar-refractivity contribution < 1.29 is 9.18 Å². The fourth-order valence-corrected chi connectivity index (χ4v) is 3.16. The second kappa shape index (κ2) is 9.60. The summed E-state index contributed by atoms with van der Waals surface area (Å²) >= 11 is 6.22. The van der Waals surface area contributed by atoms with Crippen molar-refractivity contribution in [2.24, 2.45) is 5.10 Å². The van der Waals surface area contributed by atoms with Crippen molar-refractivity contribution in [3.63, 3.8) is 0 Å². The van der Waals surface area contributed by atoms with E-state index in [0.717, 1.165) is 43.3 Å². The quantitative estimate of drug-likeness (QED) is 0.611. The molecule has 2 aromatic rings. The first-order valence-corrected chi connectivity index (χ1v) is 9.24. The zero-order valence-electron chi connectivity index (χ0n) is 14.9. The van der Waals surface area contributed by atoms with Crippen molar-refractivity contribution in [1.82, 2.24) is 15.2 Å². The second-order valence-corrected chi connectivity index (χ2v) is 6.87. The van der Waals surface area contributed by atoms with Gasteiger partial charge in [-0.1, -0.05) is 48.0 Å². The number of carbonyl (C=O) groups is 1. The van der Waals surface area contributed by atoms with Crippen LogP contribution in [0.25, 0.3) is 0 Å². The highest BCUT2D eigenvalue weighted by Crippen LogP contribution is 2.17. The molecular formula is C20H22ClFN4O. The molecule has 142 valence electrons. The van der Waals surface area contributed by atoms with E-state index in [9.17, 15) is 9.18 Å². The Balaban J connectivity index is 1.40. The molecule has 0 saturated carbocycles. The van der Waals surface area contributed by atoms with Crippen LogP contribution in [-0.2, 0) is 11.3 Å². The molecule has 1 N–H and O–H groups in total. The average Bonchev–Trinajstić information content (AvgIpc) is 2.67. The van der Waals surface area contributed by atoms with Gasteiger partial charge in [0.1, 0.15) is 5.82 Å². The number of halogens is 2. The van der Waals surface area contributed by atoms with E-state index in [4.69, 9.17) is 11.6 Å². The van der Waals surface area contributed by atoms with Gasteiger partial charge in [-0.2, -0.15) is 5.10 Å². The van der Waals surface area contributed by atoms with Gasteiger partial charge in [0, 0.05) is 43.3 Å². The predicted octanol–water partition coefficient (Wildman–Crippen LogP) is 2.75. The Morgan fingerprint density at radius 1 is 1.07 bits per heavy atom. The van der Waals surface area contributed by atoms with Crippen LogP contribution in [0.2, 0.25) is 5.02 Å². The third-order valence-corrected chi connectivity index (χ3v) is 4.85. The van der Waals surface area contributed by atoms with E-state index in [-0.39, 0.29) is 18.3 Å². The molecule has 1 saturated heterocycles. The van der Waals surface area contributed by atoms with E-state index in [1.165, 1.54) is 12.3 Å². The van der Waals surface area contributed by atoms with Crippen molar-refractivity contribution in [3.8, 4) is 0 Å². The van der Waals surface area contributed by atoms with Crippen LogP contribution in [-0.4, -0.2) is 54.6 Å². The van der Waals surface area contributed by atoms with Gasteiger partial charge in [0.15, 0.2) is 0 Å². The average molecular weight is 389 g/mol. The van der Waals surface area contributed by atoms with Gasteiger partial charge in [0.25, 0.3) is 5.91 Å². The van der Waals surface area contributed by atoms with Gasteiger partial charge >= 0.3 is 0 Å². The fraction of sp³-hybridized carbons (Fsp3) is 0.300. The largest absolute Gasteiger partial charge is 0.296 e. The number of benzene rings is 2. The van der Waals surface area contributed by atoms with Crippen molar-refractivity contribution in [2.45, 2.75) is 6.54 Å². The number of nitrogens with zero attached hydrogens (tertiary/aromatic N) is 3. The van der Waals surface area contributed by atoms with E-state index in [0.29, 0.717) is 5.56 Å². The monoisotopic (exact) mass is 388 g/mol. The van der Waals surface area contributed by atoms with Gasteiger partial charge in [-0.15, -0.1) is 0 Å². The van der Waals surface area contributed by atoms with E-state index < -0.39 is 0 Å². The van der Waals surface area contributed by atoms with Crippen LogP contribution in [0.4, 0.5) is 4.39 Å². The van der Waals surface area contributed by atoms with Crippen LogP contribution in [0.5, 0.6) is 0 Å². The summed E-state index contributed by atoms with van der Waals surface area (Å²) in [7, 11) is 0. The lowest BCUT2D eigenvalue weighted by Gasteiger charge is -2.34. The second-order valence-electron chi connectivity index (χ2n) is 6.46. The lowest BCUT2D eigenvalue weighted by molar-refractivity contribution is -0.122. The normalized spacial score (nSPS) is 15.9. The molecule has 1 aliphatic heterocycles. The highest BCUT2D eigenvalue weighted by Gasteiger charge is 2.19. The van der Waals surface area contributed by atoms with Gasteiger partial charge in [-0.05, 0) is 17.7 Å². The summed E-state index contributed by atoms with van der Waals surface area (Å²) in [5, 5.41) is 4.62. The minimum atomic E-state index is -0.370. The lowest BCUT2D eigenvalue weighted by atomic mass is 10.2. The third kappa shape index (κ3) is 5.85. The molecule has 0 spiro atoms. The van der Waals surface area contributed by atoms with Gasteiger partial charge in [0.2, 0.25) is 0 Å². The minimum absolute atomic E-state index is 0.206. The van der Waals surface area contributed by atoms with E-state index in [1.807, 2.05) is 24.3 Å². The van der Waals surface area contributed by atoms with E-state index >= 15 is 0 Å². The van der Waals surface area contributed by atoms with Crippen molar-refractivity contribution >= 4 is 23.7 Å². The molecule has 0 aliphatic carbocycles. The summed E-state index contributed by atoms with van der Waals surface area (Å²) in [4.78, 5) is 16.4. The van der Waals surface area contributed by atoms with Crippen LogP contribution in [0.1, 0.15) is 11.1 Å². The van der Waals surface area contributed by atoms with Crippen LogP contribution < -0.4 is 5.43 Å². The molecule has 1 fully saturated rings. The Kier molecular flexibility index (Phi) is 6.92. The Morgan fingerprint density at radius 3 is 2.48 bits per heavy atom. The number of hydrogen-bond donors (Lipinski definition) is 1. The molecule has 1 heterocycles. The number of nitrogens with one attached hydrogen (secondary N) is 1. The zero-order chi connectivity index (χ0) is 19.1. The van der Waals surface area contributed by atoms with Crippen LogP contribution in [0.15, 0.2) is 53.6 Å². The molecular weight excluding hydrogens is 367 g/mol. The molecule has 1 amide bonds. The molecule has 0 radical (unpaired) electrons. The summed E-state index contributed by atoms with van der Waals surface area (Å²) in [6, 6.07) is 14.1. The van der Waals surface area contributed by atoms with Crippen molar-refractivity contribution in [1.29, 1.82) is 0 Å². The number of hydrazone groups is 1. The smallest absolute Gasteiger partial charge is 0.254 e. The number of piperazine rings is 1. The van der Waals surface area contributed by atoms with E-state index in [2.05, 4.69) is 20.3 Å². The zero-order valence-corrected chi connectivity index (χ0v) is 15.7. The number of rotatable bonds is 6. The Labute approximate surface area is 163 Å². The SMILES string of the molecule is O=C(CN1CCN(Cc2ccccc2Cl)CC1)N/N=C\c1ccccc1F. The molecule has 0 atom stereocenters. The van der Waals surface area contributed by atoms with Gasteiger partial charge in [-0.3, -0.25) is 14.6 Å². The molecule has 0 aromatic heterocycles. The first kappa shape index (κ1) is 19.5. The highest BCUT2D eigenvalue weighted by molar-refractivity contribution is 6.31. The third-order valence-electron chi connectivity index (χ3n) is 4.48. The molecule has 2 aromatic carbocycles. The van der Waals surface area contributed by atoms with Crippen molar-refractivity contribution in [2.75, 3.05) is 32.7 Å². The maximum absolute atomic E-state index is 13.5. The number of carbonyl (C=O) groups excluding carboxylic acids is 1. The summed E-state index contributed by atoms with van der Waals surface area (Å²) < 4.78 is 13.5. The molecule has 5 nitrogen and oxygen atoms in total. The number of amides is 1. The molecule has 27 heavy (non-hydrogen) atoms. The summed E-state index contributed by atoms with van der Waals surface area (Å²) in [5.74, 6) is -0.577. The fourth-order valence-electron chi connectivity index (χ4n) is 2.97. The van der Waals surface area contributed by atoms with E-state index in [1.54, 1.807) is 18.2 Å². The van der Waals surface area contributed by atoms with Crippen LogP contribution in [0, 0.1) is 5.82 Å². The summed E-state index contributed by atoms with van der Waals surface area (Å²) in [6.45, 7) is 4.43. The molecule has 7 heteroatoms. The first-order chi connectivity index (χ1) is 13.1. The minimum Gasteiger partial charge on any atom is -0.296 e. The molecule has 3 rings (SSSR count). The Bertz CT molecular complexity index is 806. The predicted molar refractivity (Wildman–Crippen MR) is 105 cm³/mol. The first-order valence-electron chi connectivity index (χ1n) is 8.86. The lowest BCUT2D eigenvalue weighted by Crippen LogP contribution is -2.48. The summed E-state index contributed by atoms with van der Waals surface area (Å²) in [5.41, 5.74) is 3.91. The van der Waals surface area contributed by atoms with Crippen LogP contribution in [0.3, 0.4) is 0 Å². The van der Waals surface area contributed by atoms with Gasteiger partial charge < -0.3 is 0 Å². The Hall–Kier alpha value is -2.28. The highest BCUT2D eigenvalue weighted by atomic mass is 35.5. The molecule has 1 aliphatic rings. The molecule has 0 bridgehead atoms. The standard InChI is InChI=1S/C20H22ClFN4O/c21-18-7-3-1-6-17(18)14-25-9-11-26(12-10-25)15-20(27)24-23-13-16-5-2-4-8-19(16)22/h1-8,13H,9-12,14-15H2,(H,24,27)/b23-13-.